The van der Waals surface area contributed by atoms with Gasteiger partial charge in [-0.25, -0.2) is 4.79 Å². The van der Waals surface area contributed by atoms with Gasteiger partial charge in [0.1, 0.15) is 5.00 Å². The van der Waals surface area contributed by atoms with E-state index in [1.165, 1.54) is 33.6 Å². The third-order valence-corrected chi connectivity index (χ3v) is 5.30. The predicted molar refractivity (Wildman–Crippen MR) is 97.5 cm³/mol. The minimum atomic E-state index is -0.340. The van der Waals surface area contributed by atoms with E-state index in [4.69, 9.17) is 10.5 Å². The van der Waals surface area contributed by atoms with E-state index in [2.05, 4.69) is 24.3 Å². The molecule has 3 nitrogen and oxygen atoms in total. The van der Waals surface area contributed by atoms with Crippen LogP contribution in [0, 0.1) is 0 Å². The molecule has 2 N–H and O–H groups in total. The number of fused-ring (bicyclic) bond motifs is 3. The summed E-state index contributed by atoms with van der Waals surface area (Å²) in [7, 11) is 0. The molecule has 0 saturated heterocycles. The molecule has 2 aromatic carbocycles. The van der Waals surface area contributed by atoms with Crippen molar-refractivity contribution in [3.8, 4) is 11.1 Å². The topological polar surface area (TPSA) is 52.3 Å². The number of hydrogen-bond acceptors (Lipinski definition) is 4. The van der Waals surface area contributed by atoms with Crippen LogP contribution < -0.4 is 5.73 Å². The summed E-state index contributed by atoms with van der Waals surface area (Å²) in [5.41, 5.74) is 12.4. The van der Waals surface area contributed by atoms with Crippen molar-refractivity contribution < 1.29 is 9.53 Å². The summed E-state index contributed by atoms with van der Waals surface area (Å²) < 4.78 is 5.23. The monoisotopic (exact) mass is 335 g/mol. The zero-order valence-electron chi connectivity index (χ0n) is 13.3. The standard InChI is InChI=1S/C20H17NO2S/c1-2-23-20(22)18-16(11-24-19(18)21)17-14-9-5-3-7-12(14)13-8-4-6-10-15(13)17/h3-11,17H,2,21H2,1H3. The van der Waals surface area contributed by atoms with Crippen molar-refractivity contribution in [1.29, 1.82) is 0 Å². The van der Waals surface area contributed by atoms with E-state index in [-0.39, 0.29) is 11.9 Å². The van der Waals surface area contributed by atoms with Crippen LogP contribution >= 0.6 is 11.3 Å². The molecule has 0 spiro atoms. The fourth-order valence-corrected chi connectivity index (χ4v) is 4.34. The lowest BCUT2D eigenvalue weighted by Crippen LogP contribution is -2.11. The van der Waals surface area contributed by atoms with E-state index in [9.17, 15) is 4.79 Å². The van der Waals surface area contributed by atoms with Gasteiger partial charge in [-0.05, 0) is 40.1 Å². The number of esters is 1. The average Bonchev–Trinajstić information content (AvgIpc) is 3.13. The van der Waals surface area contributed by atoms with Crippen molar-refractivity contribution in [3.63, 3.8) is 0 Å². The highest BCUT2D eigenvalue weighted by Crippen LogP contribution is 2.50. The number of thiophene rings is 1. The average molecular weight is 335 g/mol. The molecule has 4 rings (SSSR count). The fraction of sp³-hybridized carbons (Fsp3) is 0.150. The summed E-state index contributed by atoms with van der Waals surface area (Å²) in [6.07, 6.45) is 0. The highest BCUT2D eigenvalue weighted by molar-refractivity contribution is 7.14. The van der Waals surface area contributed by atoms with Gasteiger partial charge in [-0.3, -0.25) is 0 Å². The van der Waals surface area contributed by atoms with Crippen LogP contribution in [0.5, 0.6) is 0 Å². The molecule has 0 unspecified atom stereocenters. The first-order chi connectivity index (χ1) is 11.7. The summed E-state index contributed by atoms with van der Waals surface area (Å²) in [4.78, 5) is 12.4. The van der Waals surface area contributed by atoms with Gasteiger partial charge in [0.25, 0.3) is 0 Å². The predicted octanol–water partition coefficient (Wildman–Crippen LogP) is 4.67. The molecule has 0 fully saturated rings. The van der Waals surface area contributed by atoms with Gasteiger partial charge in [0.05, 0.1) is 12.2 Å². The van der Waals surface area contributed by atoms with Gasteiger partial charge in [-0.15, -0.1) is 11.3 Å². The van der Waals surface area contributed by atoms with Gasteiger partial charge < -0.3 is 10.5 Å². The quantitative estimate of drug-likeness (QED) is 0.554. The second kappa shape index (κ2) is 5.80. The number of carbonyl (C=O) groups is 1. The molecule has 4 heteroatoms. The summed E-state index contributed by atoms with van der Waals surface area (Å²) in [6, 6.07) is 16.7. The molecule has 120 valence electrons. The Kier molecular flexibility index (Phi) is 3.62. The molecule has 0 radical (unpaired) electrons. The molecule has 1 aliphatic carbocycles. The largest absolute Gasteiger partial charge is 0.462 e. The zero-order chi connectivity index (χ0) is 16.7. The third kappa shape index (κ3) is 2.14. The molecule has 0 saturated carbocycles. The highest BCUT2D eigenvalue weighted by atomic mass is 32.1. The number of carbonyl (C=O) groups excluding carboxylic acids is 1. The molecule has 3 aromatic rings. The Morgan fingerprint density at radius 1 is 1.04 bits per heavy atom. The molecule has 1 heterocycles. The van der Waals surface area contributed by atoms with Crippen LogP contribution in [0.4, 0.5) is 5.00 Å². The summed E-state index contributed by atoms with van der Waals surface area (Å²) in [5, 5.41) is 2.51. The first-order valence-corrected chi connectivity index (χ1v) is 8.82. The Balaban J connectivity index is 1.94. The smallest absolute Gasteiger partial charge is 0.341 e. The number of nitrogen functional groups attached to an aromatic ring is 1. The van der Waals surface area contributed by atoms with Gasteiger partial charge in [0.15, 0.2) is 0 Å². The molecule has 0 bridgehead atoms. The van der Waals surface area contributed by atoms with E-state index in [0.717, 1.165) is 5.56 Å². The zero-order valence-corrected chi connectivity index (χ0v) is 14.1. The van der Waals surface area contributed by atoms with Crippen LogP contribution in [0.3, 0.4) is 0 Å². The second-order valence-corrected chi connectivity index (χ2v) is 6.67. The highest BCUT2D eigenvalue weighted by Gasteiger charge is 2.33. The summed E-state index contributed by atoms with van der Waals surface area (Å²) >= 11 is 1.40. The van der Waals surface area contributed by atoms with Crippen molar-refractivity contribution in [2.75, 3.05) is 12.3 Å². The van der Waals surface area contributed by atoms with Gasteiger partial charge in [0, 0.05) is 5.92 Å². The van der Waals surface area contributed by atoms with E-state index >= 15 is 0 Å². The lowest BCUT2D eigenvalue weighted by molar-refractivity contribution is 0.0527. The van der Waals surface area contributed by atoms with Crippen LogP contribution in [0.15, 0.2) is 53.9 Å². The SMILES string of the molecule is CCOC(=O)c1c(C2c3ccccc3-c3ccccc32)csc1N. The van der Waals surface area contributed by atoms with E-state index < -0.39 is 0 Å². The number of benzene rings is 2. The lowest BCUT2D eigenvalue weighted by Gasteiger charge is -2.15. The maximum atomic E-state index is 12.4. The van der Waals surface area contributed by atoms with Crippen LogP contribution in [-0.4, -0.2) is 12.6 Å². The number of rotatable bonds is 3. The van der Waals surface area contributed by atoms with Crippen molar-refractivity contribution >= 4 is 22.3 Å². The molecule has 1 aromatic heterocycles. The Bertz CT molecular complexity index is 883. The van der Waals surface area contributed by atoms with Crippen LogP contribution in [-0.2, 0) is 4.74 Å². The van der Waals surface area contributed by atoms with Crippen molar-refractivity contribution in [2.45, 2.75) is 12.8 Å². The van der Waals surface area contributed by atoms with Gasteiger partial charge in [-0.1, -0.05) is 48.5 Å². The van der Waals surface area contributed by atoms with E-state index in [1.54, 1.807) is 6.92 Å². The molecule has 1 aliphatic rings. The van der Waals surface area contributed by atoms with Gasteiger partial charge in [-0.2, -0.15) is 0 Å². The molecule has 0 aliphatic heterocycles. The molecular formula is C20H17NO2S. The minimum Gasteiger partial charge on any atom is -0.462 e. The van der Waals surface area contributed by atoms with Crippen LogP contribution in [0.1, 0.15) is 39.9 Å². The van der Waals surface area contributed by atoms with Crippen molar-refractivity contribution in [3.05, 3.63) is 76.2 Å². The number of hydrogen-bond donors (Lipinski definition) is 1. The normalized spacial score (nSPS) is 12.7. The molecule has 24 heavy (non-hydrogen) atoms. The Morgan fingerprint density at radius 3 is 2.21 bits per heavy atom. The van der Waals surface area contributed by atoms with Crippen LogP contribution in [0.25, 0.3) is 11.1 Å². The first kappa shape index (κ1) is 15.0. The Labute approximate surface area is 144 Å². The first-order valence-electron chi connectivity index (χ1n) is 7.94. The maximum Gasteiger partial charge on any atom is 0.341 e. The minimum absolute atomic E-state index is 0.0188. The molecule has 0 amide bonds. The van der Waals surface area contributed by atoms with E-state index in [1.807, 2.05) is 29.6 Å². The van der Waals surface area contributed by atoms with Gasteiger partial charge in [0.2, 0.25) is 0 Å². The Morgan fingerprint density at radius 2 is 1.62 bits per heavy atom. The maximum absolute atomic E-state index is 12.4. The van der Waals surface area contributed by atoms with Crippen molar-refractivity contribution in [1.82, 2.24) is 0 Å². The number of ether oxygens (including phenoxy) is 1. The lowest BCUT2D eigenvalue weighted by atomic mass is 9.88. The third-order valence-electron chi connectivity index (χ3n) is 4.47. The molecular weight excluding hydrogens is 318 g/mol. The molecule has 0 atom stereocenters. The summed E-state index contributed by atoms with van der Waals surface area (Å²) in [6.45, 7) is 2.14. The summed E-state index contributed by atoms with van der Waals surface area (Å²) in [5.74, 6) is -0.321. The fourth-order valence-electron chi connectivity index (χ4n) is 3.51. The number of nitrogens with two attached hydrogens (primary N) is 1. The number of anilines is 1. The Hall–Kier alpha value is -2.59. The van der Waals surface area contributed by atoms with E-state index in [0.29, 0.717) is 17.2 Å². The van der Waals surface area contributed by atoms with Crippen molar-refractivity contribution in [2.24, 2.45) is 0 Å². The van der Waals surface area contributed by atoms with Gasteiger partial charge >= 0.3 is 5.97 Å². The van der Waals surface area contributed by atoms with Crippen LogP contribution in [0.2, 0.25) is 0 Å². The second-order valence-electron chi connectivity index (χ2n) is 5.76.